The summed E-state index contributed by atoms with van der Waals surface area (Å²) in [6.07, 6.45) is 6.35. The van der Waals surface area contributed by atoms with Gasteiger partial charge in [0.2, 0.25) is 11.8 Å². The van der Waals surface area contributed by atoms with Gasteiger partial charge in [-0.05, 0) is 32.1 Å². The topological polar surface area (TPSA) is 75.4 Å². The second kappa shape index (κ2) is 6.57. The minimum Gasteiger partial charge on any atom is -0.356 e. The lowest BCUT2D eigenvalue weighted by Gasteiger charge is -2.37. The molecule has 20 heavy (non-hydrogen) atoms. The fraction of sp³-hybridized carbons (Fsp3) is 0.867. The van der Waals surface area contributed by atoms with E-state index in [0.29, 0.717) is 13.1 Å². The minimum atomic E-state index is -0.665. The molecule has 0 aromatic rings. The zero-order valence-corrected chi connectivity index (χ0v) is 12.5. The molecule has 114 valence electrons. The quantitative estimate of drug-likeness (QED) is 0.808. The second-order valence-corrected chi connectivity index (χ2v) is 6.24. The van der Waals surface area contributed by atoms with Crippen LogP contribution < -0.4 is 11.1 Å². The SMILES string of the molecule is CCCNC(=O)C1CCCN(C(=O)C2(N)CCCC2)C1. The standard InChI is InChI=1S/C15H27N3O2/c1-2-9-17-13(19)12-6-5-10-18(11-12)14(20)15(16)7-3-4-8-15/h12H,2-11,16H2,1H3,(H,17,19). The van der Waals surface area contributed by atoms with Crippen molar-refractivity contribution >= 4 is 11.8 Å². The molecular weight excluding hydrogens is 254 g/mol. The number of piperidine rings is 1. The van der Waals surface area contributed by atoms with Crippen LogP contribution in [-0.4, -0.2) is 41.9 Å². The van der Waals surface area contributed by atoms with Gasteiger partial charge in [0, 0.05) is 19.6 Å². The van der Waals surface area contributed by atoms with Gasteiger partial charge in [-0.25, -0.2) is 0 Å². The first-order valence-electron chi connectivity index (χ1n) is 7.93. The summed E-state index contributed by atoms with van der Waals surface area (Å²) >= 11 is 0. The summed E-state index contributed by atoms with van der Waals surface area (Å²) in [6, 6.07) is 0. The normalized spacial score (nSPS) is 25.5. The van der Waals surface area contributed by atoms with E-state index in [9.17, 15) is 9.59 Å². The summed E-state index contributed by atoms with van der Waals surface area (Å²) in [6.45, 7) is 4.03. The Morgan fingerprint density at radius 2 is 2.00 bits per heavy atom. The fourth-order valence-electron chi connectivity index (χ4n) is 3.30. The first-order valence-corrected chi connectivity index (χ1v) is 7.93. The predicted molar refractivity (Wildman–Crippen MR) is 78.0 cm³/mol. The summed E-state index contributed by atoms with van der Waals surface area (Å²) in [5.41, 5.74) is 5.58. The van der Waals surface area contributed by atoms with Gasteiger partial charge in [0.1, 0.15) is 0 Å². The summed E-state index contributed by atoms with van der Waals surface area (Å²) < 4.78 is 0. The molecule has 2 rings (SSSR count). The molecule has 0 spiro atoms. The third-order valence-electron chi connectivity index (χ3n) is 4.55. The zero-order chi connectivity index (χ0) is 14.6. The Labute approximate surface area is 121 Å². The largest absolute Gasteiger partial charge is 0.356 e. The lowest BCUT2D eigenvalue weighted by molar-refractivity contribution is -0.140. The van der Waals surface area contributed by atoms with Crippen molar-refractivity contribution < 1.29 is 9.59 Å². The molecule has 1 heterocycles. The lowest BCUT2D eigenvalue weighted by atomic mass is 9.92. The van der Waals surface area contributed by atoms with Crippen molar-refractivity contribution in [3.8, 4) is 0 Å². The van der Waals surface area contributed by atoms with Gasteiger partial charge >= 0.3 is 0 Å². The van der Waals surface area contributed by atoms with Gasteiger partial charge in [-0.1, -0.05) is 19.8 Å². The van der Waals surface area contributed by atoms with Crippen LogP contribution in [-0.2, 0) is 9.59 Å². The Balaban J connectivity index is 1.92. The molecule has 0 bridgehead atoms. The van der Waals surface area contributed by atoms with Gasteiger partial charge in [0.25, 0.3) is 0 Å². The average molecular weight is 281 g/mol. The zero-order valence-electron chi connectivity index (χ0n) is 12.5. The average Bonchev–Trinajstić information content (AvgIpc) is 2.92. The van der Waals surface area contributed by atoms with Crippen LogP contribution in [0.5, 0.6) is 0 Å². The van der Waals surface area contributed by atoms with Crippen LogP contribution in [0, 0.1) is 5.92 Å². The highest BCUT2D eigenvalue weighted by Crippen LogP contribution is 2.30. The number of nitrogens with two attached hydrogens (primary N) is 1. The molecule has 2 fully saturated rings. The van der Waals surface area contributed by atoms with Crippen LogP contribution in [0.25, 0.3) is 0 Å². The van der Waals surface area contributed by atoms with Crippen LogP contribution in [0.15, 0.2) is 0 Å². The van der Waals surface area contributed by atoms with Gasteiger partial charge in [-0.3, -0.25) is 9.59 Å². The number of amides is 2. The molecule has 2 aliphatic rings. The summed E-state index contributed by atoms with van der Waals surface area (Å²) in [4.78, 5) is 26.4. The molecule has 5 heteroatoms. The molecule has 1 aliphatic heterocycles. The molecule has 1 atom stereocenters. The van der Waals surface area contributed by atoms with Gasteiger partial charge in [-0.2, -0.15) is 0 Å². The van der Waals surface area contributed by atoms with Gasteiger partial charge in [0.05, 0.1) is 11.5 Å². The molecule has 5 nitrogen and oxygen atoms in total. The third-order valence-corrected chi connectivity index (χ3v) is 4.55. The van der Waals surface area contributed by atoms with E-state index in [1.54, 1.807) is 0 Å². The van der Waals surface area contributed by atoms with Crippen molar-refractivity contribution in [2.24, 2.45) is 11.7 Å². The van der Waals surface area contributed by atoms with E-state index < -0.39 is 5.54 Å². The minimum absolute atomic E-state index is 0.0583. The molecular formula is C15H27N3O2. The predicted octanol–water partition coefficient (Wildman–Crippen LogP) is 1.02. The number of hydrogen-bond donors (Lipinski definition) is 2. The number of hydrogen-bond acceptors (Lipinski definition) is 3. The number of carbonyl (C=O) groups is 2. The first-order chi connectivity index (χ1) is 9.57. The Kier molecular flexibility index (Phi) is 5.02. The second-order valence-electron chi connectivity index (χ2n) is 6.24. The lowest BCUT2D eigenvalue weighted by Crippen LogP contribution is -2.56. The van der Waals surface area contributed by atoms with E-state index in [1.807, 2.05) is 11.8 Å². The Hall–Kier alpha value is -1.10. The third kappa shape index (κ3) is 3.32. The molecule has 1 unspecified atom stereocenters. The Morgan fingerprint density at radius 1 is 1.30 bits per heavy atom. The van der Waals surface area contributed by atoms with Crippen LogP contribution in [0.1, 0.15) is 51.9 Å². The van der Waals surface area contributed by atoms with Crippen molar-refractivity contribution in [1.82, 2.24) is 10.2 Å². The maximum absolute atomic E-state index is 12.6. The van der Waals surface area contributed by atoms with E-state index in [2.05, 4.69) is 5.32 Å². The van der Waals surface area contributed by atoms with Crippen molar-refractivity contribution in [2.75, 3.05) is 19.6 Å². The molecule has 3 N–H and O–H groups in total. The highest BCUT2D eigenvalue weighted by atomic mass is 16.2. The maximum Gasteiger partial charge on any atom is 0.242 e. The van der Waals surface area contributed by atoms with Crippen LogP contribution in [0.2, 0.25) is 0 Å². The number of nitrogens with zero attached hydrogens (tertiary/aromatic N) is 1. The van der Waals surface area contributed by atoms with Crippen molar-refractivity contribution in [3.63, 3.8) is 0 Å². The molecule has 1 aliphatic carbocycles. The van der Waals surface area contributed by atoms with E-state index in [-0.39, 0.29) is 17.7 Å². The van der Waals surface area contributed by atoms with Crippen LogP contribution in [0.4, 0.5) is 0 Å². The van der Waals surface area contributed by atoms with Crippen molar-refractivity contribution in [1.29, 1.82) is 0 Å². The van der Waals surface area contributed by atoms with Crippen LogP contribution in [0.3, 0.4) is 0 Å². The van der Waals surface area contributed by atoms with Crippen LogP contribution >= 0.6 is 0 Å². The van der Waals surface area contributed by atoms with E-state index in [4.69, 9.17) is 5.73 Å². The van der Waals surface area contributed by atoms with Gasteiger partial charge in [-0.15, -0.1) is 0 Å². The van der Waals surface area contributed by atoms with Gasteiger partial charge < -0.3 is 16.0 Å². The smallest absolute Gasteiger partial charge is 0.242 e. The highest BCUT2D eigenvalue weighted by molar-refractivity contribution is 5.87. The van der Waals surface area contributed by atoms with Gasteiger partial charge in [0.15, 0.2) is 0 Å². The molecule has 0 aromatic heterocycles. The Bertz CT molecular complexity index is 364. The molecule has 1 saturated carbocycles. The molecule has 2 amide bonds. The summed E-state index contributed by atoms with van der Waals surface area (Å²) in [5.74, 6) is 0.0779. The molecule has 0 aromatic carbocycles. The number of nitrogens with one attached hydrogen (secondary N) is 1. The number of rotatable bonds is 4. The van der Waals surface area contributed by atoms with E-state index in [1.165, 1.54) is 0 Å². The fourth-order valence-corrected chi connectivity index (χ4v) is 3.30. The maximum atomic E-state index is 12.6. The number of likely N-dealkylation sites (tertiary alicyclic amines) is 1. The first kappa shape index (κ1) is 15.3. The molecule has 0 radical (unpaired) electrons. The van der Waals surface area contributed by atoms with Crippen molar-refractivity contribution in [2.45, 2.75) is 57.4 Å². The monoisotopic (exact) mass is 281 g/mol. The summed E-state index contributed by atoms with van der Waals surface area (Å²) in [7, 11) is 0. The molecule has 1 saturated heterocycles. The van der Waals surface area contributed by atoms with E-state index >= 15 is 0 Å². The highest BCUT2D eigenvalue weighted by Gasteiger charge is 2.41. The van der Waals surface area contributed by atoms with Crippen molar-refractivity contribution in [3.05, 3.63) is 0 Å². The Morgan fingerprint density at radius 3 is 2.65 bits per heavy atom. The number of carbonyl (C=O) groups excluding carboxylic acids is 2. The van der Waals surface area contributed by atoms with E-state index in [0.717, 1.165) is 51.5 Å². The summed E-state index contributed by atoms with van der Waals surface area (Å²) in [5, 5.41) is 2.93.